The molecule has 0 amide bonds. The molecule has 4 aromatic carbocycles. The lowest BCUT2D eigenvalue weighted by molar-refractivity contribution is 0.599. The van der Waals surface area contributed by atoms with E-state index in [1.807, 2.05) is 66.7 Å². The molecule has 31 heavy (non-hydrogen) atoms. The summed E-state index contributed by atoms with van der Waals surface area (Å²) in [6.45, 7) is 0. The van der Waals surface area contributed by atoms with Crippen LogP contribution in [0, 0.1) is 0 Å². The fraction of sp³-hybridized carbons (Fsp3) is 0. The van der Waals surface area contributed by atoms with Crippen molar-refractivity contribution >= 4 is 11.4 Å². The molecule has 1 aromatic heterocycles. The van der Waals surface area contributed by atoms with Crippen molar-refractivity contribution in [3.63, 3.8) is 0 Å². The zero-order valence-electron chi connectivity index (χ0n) is 17.0. The maximum Gasteiger partial charge on any atom is 0.145 e. The van der Waals surface area contributed by atoms with Crippen LogP contribution in [0.2, 0.25) is 0 Å². The normalized spacial score (nSPS) is 10.8. The predicted molar refractivity (Wildman–Crippen MR) is 129 cm³/mol. The molecule has 0 aliphatic carbocycles. The lowest BCUT2D eigenvalue weighted by Crippen LogP contribution is -1.97. The average molecular weight is 402 g/mol. The van der Waals surface area contributed by atoms with Gasteiger partial charge in [-0.1, -0.05) is 97.1 Å². The number of hydrogen-bond acceptors (Lipinski definition) is 3. The molecule has 0 radical (unpaired) electrons. The maximum atomic E-state index is 6.63. The van der Waals surface area contributed by atoms with Gasteiger partial charge in [0.1, 0.15) is 11.5 Å². The largest absolute Gasteiger partial charge is 0.455 e. The molecule has 3 nitrogen and oxygen atoms in total. The summed E-state index contributed by atoms with van der Waals surface area (Å²) in [6, 6.07) is 36.4. The standard InChI is InChI=1S/C28H22N2O/c29-23-18-10-17-22(26(23)30)28-25(20-13-6-2-7-14-20)24(19-11-4-1-5-12-19)27(31-28)21-15-8-3-9-16-21/h1-18H,29-30H2. The van der Waals surface area contributed by atoms with E-state index in [4.69, 9.17) is 15.9 Å². The molecular formula is C28H22N2O. The Morgan fingerprint density at radius 3 is 1.48 bits per heavy atom. The summed E-state index contributed by atoms with van der Waals surface area (Å²) in [5.74, 6) is 1.52. The minimum atomic E-state index is 0.521. The summed E-state index contributed by atoms with van der Waals surface area (Å²) in [5.41, 5.74) is 19.6. The fourth-order valence-electron chi connectivity index (χ4n) is 3.96. The van der Waals surface area contributed by atoms with E-state index in [0.717, 1.165) is 39.1 Å². The van der Waals surface area contributed by atoms with Crippen LogP contribution < -0.4 is 11.5 Å². The molecule has 0 saturated carbocycles. The van der Waals surface area contributed by atoms with Gasteiger partial charge in [0, 0.05) is 22.3 Å². The summed E-state index contributed by atoms with van der Waals surface area (Å²) < 4.78 is 6.63. The average Bonchev–Trinajstić information content (AvgIpc) is 3.23. The molecule has 4 N–H and O–H groups in total. The van der Waals surface area contributed by atoms with Crippen molar-refractivity contribution in [3.8, 4) is 44.9 Å². The number of nitrogen functional groups attached to an aromatic ring is 2. The third-order valence-corrected chi connectivity index (χ3v) is 5.45. The van der Waals surface area contributed by atoms with E-state index >= 15 is 0 Å². The van der Waals surface area contributed by atoms with Crippen molar-refractivity contribution in [1.29, 1.82) is 0 Å². The van der Waals surface area contributed by atoms with E-state index in [-0.39, 0.29) is 0 Å². The van der Waals surface area contributed by atoms with Crippen LogP contribution in [0.15, 0.2) is 114 Å². The van der Waals surface area contributed by atoms with Crippen molar-refractivity contribution in [2.24, 2.45) is 0 Å². The van der Waals surface area contributed by atoms with Crippen LogP contribution in [0.5, 0.6) is 0 Å². The second-order valence-electron chi connectivity index (χ2n) is 7.42. The summed E-state index contributed by atoms with van der Waals surface area (Å²) in [4.78, 5) is 0. The zero-order chi connectivity index (χ0) is 21.2. The zero-order valence-corrected chi connectivity index (χ0v) is 17.0. The first kappa shape index (κ1) is 18.8. The number of anilines is 2. The number of furan rings is 1. The highest BCUT2D eigenvalue weighted by atomic mass is 16.3. The highest BCUT2D eigenvalue weighted by molar-refractivity contribution is 6.01. The van der Waals surface area contributed by atoms with Crippen LogP contribution in [0.1, 0.15) is 0 Å². The van der Waals surface area contributed by atoms with E-state index in [0.29, 0.717) is 17.1 Å². The molecule has 0 bridgehead atoms. The minimum Gasteiger partial charge on any atom is -0.455 e. The molecule has 0 aliphatic rings. The first-order valence-corrected chi connectivity index (χ1v) is 10.2. The molecule has 0 fully saturated rings. The Hall–Kier alpha value is -4.24. The van der Waals surface area contributed by atoms with Gasteiger partial charge in [0.2, 0.25) is 0 Å². The van der Waals surface area contributed by atoms with Crippen molar-refractivity contribution in [2.75, 3.05) is 11.5 Å². The molecule has 0 unspecified atom stereocenters. The SMILES string of the molecule is Nc1cccc(-c2oc(-c3ccccc3)c(-c3ccccc3)c2-c2ccccc2)c1N. The Balaban J connectivity index is 1.92. The van der Waals surface area contributed by atoms with Crippen molar-refractivity contribution in [1.82, 2.24) is 0 Å². The van der Waals surface area contributed by atoms with Crippen LogP contribution in [-0.4, -0.2) is 0 Å². The van der Waals surface area contributed by atoms with E-state index in [1.54, 1.807) is 6.07 Å². The van der Waals surface area contributed by atoms with Gasteiger partial charge in [0.05, 0.1) is 11.4 Å². The van der Waals surface area contributed by atoms with Crippen LogP contribution in [-0.2, 0) is 0 Å². The number of hydrogen-bond donors (Lipinski definition) is 2. The van der Waals surface area contributed by atoms with E-state index in [2.05, 4.69) is 36.4 Å². The second-order valence-corrected chi connectivity index (χ2v) is 7.42. The summed E-state index contributed by atoms with van der Waals surface area (Å²) in [7, 11) is 0. The smallest absolute Gasteiger partial charge is 0.145 e. The van der Waals surface area contributed by atoms with Gasteiger partial charge in [-0.3, -0.25) is 0 Å². The molecule has 3 heteroatoms. The highest BCUT2D eigenvalue weighted by Gasteiger charge is 2.26. The van der Waals surface area contributed by atoms with Gasteiger partial charge in [-0.25, -0.2) is 0 Å². The van der Waals surface area contributed by atoms with Crippen molar-refractivity contribution in [2.45, 2.75) is 0 Å². The molecule has 5 rings (SSSR count). The third kappa shape index (κ3) is 3.36. The monoisotopic (exact) mass is 402 g/mol. The third-order valence-electron chi connectivity index (χ3n) is 5.45. The first-order valence-electron chi connectivity index (χ1n) is 10.2. The number of nitrogens with two attached hydrogens (primary N) is 2. The van der Waals surface area contributed by atoms with Gasteiger partial charge in [0.25, 0.3) is 0 Å². The van der Waals surface area contributed by atoms with Crippen molar-refractivity contribution < 1.29 is 4.42 Å². The number of benzene rings is 4. The maximum absolute atomic E-state index is 6.63. The van der Waals surface area contributed by atoms with Gasteiger partial charge in [-0.15, -0.1) is 0 Å². The molecule has 0 aliphatic heterocycles. The lowest BCUT2D eigenvalue weighted by Gasteiger charge is -2.10. The number of rotatable bonds is 4. The Morgan fingerprint density at radius 1 is 0.452 bits per heavy atom. The summed E-state index contributed by atoms with van der Waals surface area (Å²) in [5, 5.41) is 0. The van der Waals surface area contributed by atoms with Gasteiger partial charge < -0.3 is 15.9 Å². The Morgan fingerprint density at radius 2 is 0.935 bits per heavy atom. The van der Waals surface area contributed by atoms with Gasteiger partial charge in [-0.05, 0) is 23.3 Å². The fourth-order valence-corrected chi connectivity index (χ4v) is 3.96. The molecule has 1 heterocycles. The first-order chi connectivity index (χ1) is 15.2. The van der Waals surface area contributed by atoms with Gasteiger partial charge in [-0.2, -0.15) is 0 Å². The van der Waals surface area contributed by atoms with Crippen LogP contribution in [0.3, 0.4) is 0 Å². The molecule has 150 valence electrons. The Kier molecular flexibility index (Phi) is 4.77. The topological polar surface area (TPSA) is 65.2 Å². The van der Waals surface area contributed by atoms with E-state index in [1.165, 1.54) is 0 Å². The highest BCUT2D eigenvalue weighted by Crippen LogP contribution is 2.49. The van der Waals surface area contributed by atoms with Gasteiger partial charge >= 0.3 is 0 Å². The summed E-state index contributed by atoms with van der Waals surface area (Å²) >= 11 is 0. The predicted octanol–water partition coefficient (Wildman–Crippen LogP) is 7.11. The van der Waals surface area contributed by atoms with E-state index < -0.39 is 0 Å². The van der Waals surface area contributed by atoms with E-state index in [9.17, 15) is 0 Å². The van der Waals surface area contributed by atoms with Crippen LogP contribution >= 0.6 is 0 Å². The molecular weight excluding hydrogens is 380 g/mol. The van der Waals surface area contributed by atoms with Crippen molar-refractivity contribution in [3.05, 3.63) is 109 Å². The van der Waals surface area contributed by atoms with Crippen LogP contribution in [0.25, 0.3) is 44.9 Å². The number of para-hydroxylation sites is 1. The lowest BCUT2D eigenvalue weighted by atomic mass is 9.91. The Labute approximate surface area is 181 Å². The van der Waals surface area contributed by atoms with Crippen LogP contribution in [0.4, 0.5) is 11.4 Å². The molecule has 0 spiro atoms. The quantitative estimate of drug-likeness (QED) is 0.315. The van der Waals surface area contributed by atoms with Gasteiger partial charge in [0.15, 0.2) is 0 Å². The second kappa shape index (κ2) is 7.88. The summed E-state index contributed by atoms with van der Waals surface area (Å²) in [6.07, 6.45) is 0. The molecule has 0 atom stereocenters. The molecule has 5 aromatic rings. The minimum absolute atomic E-state index is 0.521. The molecule has 0 saturated heterocycles. The Bertz CT molecular complexity index is 1320.